The number of piperidine rings is 1. The highest BCUT2D eigenvalue weighted by molar-refractivity contribution is 7.89. The van der Waals surface area contributed by atoms with E-state index in [4.69, 9.17) is 13.6 Å². The van der Waals surface area contributed by atoms with E-state index in [0.717, 1.165) is 11.1 Å². The number of esters is 1. The number of oxazole rings is 2. The Labute approximate surface area is 196 Å². The van der Waals surface area contributed by atoms with Crippen molar-refractivity contribution < 1.29 is 26.8 Å². The zero-order valence-electron chi connectivity index (χ0n) is 18.7. The topological polar surface area (TPSA) is 116 Å². The Morgan fingerprint density at radius 2 is 1.74 bits per heavy atom. The van der Waals surface area contributed by atoms with Crippen molar-refractivity contribution in [2.75, 3.05) is 20.2 Å². The van der Waals surface area contributed by atoms with Crippen LogP contribution in [0, 0.1) is 6.92 Å². The smallest absolute Gasteiger partial charge is 0.361 e. The highest BCUT2D eigenvalue weighted by Crippen LogP contribution is 2.34. The van der Waals surface area contributed by atoms with Crippen molar-refractivity contribution in [3.8, 4) is 11.5 Å². The average molecular weight is 482 g/mol. The summed E-state index contributed by atoms with van der Waals surface area (Å²) in [7, 11) is -2.95. The van der Waals surface area contributed by atoms with Gasteiger partial charge in [-0.05, 0) is 44.0 Å². The van der Waals surface area contributed by atoms with E-state index >= 15 is 0 Å². The fourth-order valence-electron chi connectivity index (χ4n) is 4.05. The summed E-state index contributed by atoms with van der Waals surface area (Å²) >= 11 is 0. The Morgan fingerprint density at radius 3 is 2.41 bits per heavy atom. The van der Waals surface area contributed by atoms with E-state index in [9.17, 15) is 13.2 Å². The molecule has 2 aromatic heterocycles. The largest absolute Gasteiger partial charge is 0.464 e. The monoisotopic (exact) mass is 481 g/mol. The fourth-order valence-corrected chi connectivity index (χ4v) is 5.53. The van der Waals surface area contributed by atoms with Crippen LogP contribution in [0.2, 0.25) is 0 Å². The maximum Gasteiger partial charge on any atom is 0.361 e. The van der Waals surface area contributed by atoms with Gasteiger partial charge in [0, 0.05) is 24.6 Å². The molecule has 0 unspecified atom stereocenters. The quantitative estimate of drug-likeness (QED) is 0.391. The second-order valence-corrected chi connectivity index (χ2v) is 10.0. The highest BCUT2D eigenvalue weighted by Gasteiger charge is 2.38. The van der Waals surface area contributed by atoms with Gasteiger partial charge in [0.2, 0.25) is 11.6 Å². The molecule has 34 heavy (non-hydrogen) atoms. The van der Waals surface area contributed by atoms with Gasteiger partial charge in [-0.3, -0.25) is 0 Å². The van der Waals surface area contributed by atoms with Crippen molar-refractivity contribution in [2.45, 2.75) is 30.8 Å². The predicted molar refractivity (Wildman–Crippen MR) is 123 cm³/mol. The third kappa shape index (κ3) is 3.99. The molecule has 0 saturated carbocycles. The number of sulfonamides is 1. The summed E-state index contributed by atoms with van der Waals surface area (Å²) in [4.78, 5) is 21.0. The summed E-state index contributed by atoms with van der Waals surface area (Å²) in [5, 5.41) is -0.504. The van der Waals surface area contributed by atoms with Crippen LogP contribution >= 0.6 is 0 Å². The molecule has 10 heteroatoms. The van der Waals surface area contributed by atoms with E-state index in [2.05, 4.69) is 9.97 Å². The molecule has 0 radical (unpaired) electrons. The molecule has 176 valence electrons. The van der Waals surface area contributed by atoms with Gasteiger partial charge >= 0.3 is 5.97 Å². The third-order valence-corrected chi connectivity index (χ3v) is 7.75. The molecule has 1 saturated heterocycles. The lowest BCUT2D eigenvalue weighted by Gasteiger charge is -2.28. The van der Waals surface area contributed by atoms with Crippen molar-refractivity contribution in [1.29, 1.82) is 0 Å². The van der Waals surface area contributed by atoms with Crippen LogP contribution in [-0.2, 0) is 14.8 Å². The number of aryl methyl sites for hydroxylation is 1. The maximum atomic E-state index is 13.5. The van der Waals surface area contributed by atoms with Crippen LogP contribution in [0.4, 0.5) is 0 Å². The van der Waals surface area contributed by atoms with E-state index in [1.165, 1.54) is 11.4 Å². The molecule has 5 rings (SSSR count). The summed E-state index contributed by atoms with van der Waals surface area (Å²) < 4.78 is 44.5. The summed E-state index contributed by atoms with van der Waals surface area (Å²) in [5.41, 5.74) is 2.71. The SMILES string of the molecule is COC(=O)c1nc(-c2ccc(C)cc2)oc1S(=O)(=O)N1CCC(c2nc3ccccc3o2)CC1. The molecular weight excluding hydrogens is 458 g/mol. The normalized spacial score (nSPS) is 15.6. The first kappa shape index (κ1) is 22.3. The number of fused-ring (bicyclic) bond motifs is 1. The molecule has 0 spiro atoms. The van der Waals surface area contributed by atoms with Crippen molar-refractivity contribution >= 4 is 27.1 Å². The minimum Gasteiger partial charge on any atom is -0.464 e. The molecule has 0 amide bonds. The zero-order valence-corrected chi connectivity index (χ0v) is 19.5. The molecule has 4 aromatic rings. The van der Waals surface area contributed by atoms with Crippen molar-refractivity contribution in [3.63, 3.8) is 0 Å². The van der Waals surface area contributed by atoms with Crippen LogP contribution in [0.1, 0.15) is 40.7 Å². The van der Waals surface area contributed by atoms with Gasteiger partial charge in [0.1, 0.15) is 5.52 Å². The van der Waals surface area contributed by atoms with Gasteiger partial charge in [0.25, 0.3) is 15.1 Å². The number of carbonyl (C=O) groups excluding carboxylic acids is 1. The Kier molecular flexibility index (Phi) is 5.70. The predicted octanol–water partition coefficient (Wildman–Crippen LogP) is 4.15. The molecule has 3 heterocycles. The molecule has 0 aliphatic carbocycles. The number of methoxy groups -OCH3 is 1. The zero-order chi connectivity index (χ0) is 23.9. The number of para-hydroxylation sites is 2. The van der Waals surface area contributed by atoms with Crippen LogP contribution in [0.3, 0.4) is 0 Å². The second kappa shape index (κ2) is 8.69. The minimum atomic E-state index is -4.12. The lowest BCUT2D eigenvalue weighted by molar-refractivity contribution is 0.0587. The molecule has 2 aromatic carbocycles. The van der Waals surface area contributed by atoms with Crippen LogP contribution in [0.5, 0.6) is 0 Å². The van der Waals surface area contributed by atoms with Gasteiger partial charge in [-0.25, -0.2) is 23.2 Å². The Balaban J connectivity index is 1.41. The van der Waals surface area contributed by atoms with E-state index in [1.54, 1.807) is 12.1 Å². The molecule has 0 atom stereocenters. The van der Waals surface area contributed by atoms with Gasteiger partial charge in [0.15, 0.2) is 11.5 Å². The summed E-state index contributed by atoms with van der Waals surface area (Å²) in [6.07, 6.45) is 1.05. The Hall–Kier alpha value is -3.50. The number of benzene rings is 2. The number of carbonyl (C=O) groups is 1. The lowest BCUT2D eigenvalue weighted by atomic mass is 9.98. The van der Waals surface area contributed by atoms with Gasteiger partial charge in [-0.15, -0.1) is 0 Å². The number of ether oxygens (including phenoxy) is 1. The van der Waals surface area contributed by atoms with Gasteiger partial charge in [-0.2, -0.15) is 4.31 Å². The first-order valence-corrected chi connectivity index (χ1v) is 12.3. The van der Waals surface area contributed by atoms with Crippen LogP contribution in [-0.4, -0.2) is 48.9 Å². The number of hydrogen-bond donors (Lipinski definition) is 0. The van der Waals surface area contributed by atoms with Gasteiger partial charge < -0.3 is 13.6 Å². The Morgan fingerprint density at radius 1 is 1.03 bits per heavy atom. The molecule has 1 aliphatic rings. The Bertz CT molecular complexity index is 1410. The van der Waals surface area contributed by atoms with Gasteiger partial charge in [-0.1, -0.05) is 29.8 Å². The molecular formula is C24H23N3O6S. The number of rotatable bonds is 5. The maximum absolute atomic E-state index is 13.5. The standard InChI is InChI=1S/C24H23N3O6S/c1-15-7-9-16(10-8-15)22-26-20(23(28)31-2)24(33-22)34(29,30)27-13-11-17(12-14-27)21-25-18-5-3-4-6-19(18)32-21/h3-10,17H,11-14H2,1-2H3. The van der Waals surface area contributed by atoms with Gasteiger partial charge in [0.05, 0.1) is 7.11 Å². The van der Waals surface area contributed by atoms with E-state index in [-0.39, 0.29) is 30.6 Å². The molecule has 1 fully saturated rings. The van der Waals surface area contributed by atoms with Crippen LogP contribution in [0.25, 0.3) is 22.6 Å². The first-order valence-electron chi connectivity index (χ1n) is 10.9. The van der Waals surface area contributed by atoms with Crippen molar-refractivity contribution in [2.24, 2.45) is 0 Å². The first-order chi connectivity index (χ1) is 16.4. The van der Waals surface area contributed by atoms with Crippen molar-refractivity contribution in [3.05, 3.63) is 65.7 Å². The highest BCUT2D eigenvalue weighted by atomic mass is 32.2. The van der Waals surface area contributed by atoms with Crippen LogP contribution in [0.15, 0.2) is 62.5 Å². The molecule has 9 nitrogen and oxygen atoms in total. The molecule has 0 N–H and O–H groups in total. The fraction of sp³-hybridized carbons (Fsp3) is 0.292. The lowest BCUT2D eigenvalue weighted by Crippen LogP contribution is -2.38. The number of nitrogens with zero attached hydrogens (tertiary/aromatic N) is 3. The summed E-state index contributed by atoms with van der Waals surface area (Å²) in [5.74, 6) is -0.228. The van der Waals surface area contributed by atoms with E-state index in [1.807, 2.05) is 43.3 Å². The average Bonchev–Trinajstić information content (AvgIpc) is 3.49. The van der Waals surface area contributed by atoms with Crippen molar-refractivity contribution in [1.82, 2.24) is 14.3 Å². The van der Waals surface area contributed by atoms with E-state index in [0.29, 0.717) is 29.9 Å². The van der Waals surface area contributed by atoms with E-state index < -0.39 is 21.1 Å². The third-order valence-electron chi connectivity index (χ3n) is 5.96. The van der Waals surface area contributed by atoms with Crippen LogP contribution < -0.4 is 0 Å². The second-order valence-electron chi connectivity index (χ2n) is 8.21. The summed E-state index contributed by atoms with van der Waals surface area (Å²) in [6.45, 7) is 2.39. The summed E-state index contributed by atoms with van der Waals surface area (Å²) in [6, 6.07) is 14.7. The molecule has 1 aliphatic heterocycles. The number of aromatic nitrogens is 2. The number of hydrogen-bond acceptors (Lipinski definition) is 8. The minimum absolute atomic E-state index is 0.00299. The molecule has 0 bridgehead atoms.